The lowest BCUT2D eigenvalue weighted by Gasteiger charge is -2.09. The first-order valence-electron chi connectivity index (χ1n) is 8.65. The van der Waals surface area contributed by atoms with Crippen LogP contribution in [0.5, 0.6) is 0 Å². The van der Waals surface area contributed by atoms with E-state index in [1.807, 2.05) is 36.5 Å². The molecule has 5 nitrogen and oxygen atoms in total. The Balaban J connectivity index is 1.41. The molecule has 0 spiro atoms. The number of rotatable bonds is 6. The number of imidazole rings is 1. The summed E-state index contributed by atoms with van der Waals surface area (Å²) in [6, 6.07) is 20.2. The van der Waals surface area contributed by atoms with Crippen LogP contribution in [0.4, 0.5) is 10.2 Å². The van der Waals surface area contributed by atoms with E-state index in [9.17, 15) is 4.39 Å². The second-order valence-corrected chi connectivity index (χ2v) is 6.12. The average molecular weight is 359 g/mol. The average Bonchev–Trinajstić information content (AvgIpc) is 3.15. The Morgan fingerprint density at radius 3 is 2.44 bits per heavy atom. The Kier molecular flexibility index (Phi) is 4.87. The number of nitrogens with one attached hydrogen (secondary N) is 1. The molecule has 0 amide bonds. The first kappa shape index (κ1) is 16.9. The van der Waals surface area contributed by atoms with Crippen molar-refractivity contribution in [2.24, 2.45) is 0 Å². The number of hydrogen-bond donors (Lipinski definition) is 1. The first-order valence-corrected chi connectivity index (χ1v) is 8.65. The van der Waals surface area contributed by atoms with Crippen molar-refractivity contribution < 1.29 is 4.39 Å². The Bertz CT molecular complexity index is 995. The number of aromatic nitrogens is 4. The molecule has 2 aromatic heterocycles. The van der Waals surface area contributed by atoms with Gasteiger partial charge in [-0.15, -0.1) is 10.2 Å². The Morgan fingerprint density at radius 2 is 1.70 bits per heavy atom. The van der Waals surface area contributed by atoms with Crippen molar-refractivity contribution in [2.75, 3.05) is 5.32 Å². The van der Waals surface area contributed by atoms with Crippen LogP contribution in [0, 0.1) is 5.82 Å². The fraction of sp³-hybridized carbons (Fsp3) is 0.0952. The molecular formula is C21H18FN5. The fourth-order valence-electron chi connectivity index (χ4n) is 2.80. The highest BCUT2D eigenvalue weighted by molar-refractivity contribution is 5.59. The molecule has 0 saturated heterocycles. The minimum Gasteiger partial charge on any atom is -0.361 e. The van der Waals surface area contributed by atoms with Gasteiger partial charge in [0.2, 0.25) is 0 Å². The van der Waals surface area contributed by atoms with Crippen LogP contribution in [0.3, 0.4) is 0 Å². The molecule has 0 unspecified atom stereocenters. The summed E-state index contributed by atoms with van der Waals surface area (Å²) < 4.78 is 15.1. The standard InChI is InChI=1S/C21H18FN5/c22-18-8-6-17(7-9-18)19-10-11-20(26-25-19)24-14-21-23-12-13-27(21)15-16-4-2-1-3-5-16/h1-13H,14-15H2,(H,24,26). The molecule has 2 aromatic carbocycles. The van der Waals surface area contributed by atoms with Crippen LogP contribution in [0.25, 0.3) is 11.3 Å². The van der Waals surface area contributed by atoms with Crippen molar-refractivity contribution in [3.8, 4) is 11.3 Å². The van der Waals surface area contributed by atoms with Gasteiger partial charge in [0, 0.05) is 24.5 Å². The molecule has 4 rings (SSSR count). The Morgan fingerprint density at radius 1 is 0.889 bits per heavy atom. The third kappa shape index (κ3) is 4.17. The van der Waals surface area contributed by atoms with Crippen LogP contribution in [-0.2, 0) is 13.1 Å². The van der Waals surface area contributed by atoms with Crippen molar-refractivity contribution in [1.29, 1.82) is 0 Å². The topological polar surface area (TPSA) is 55.6 Å². The van der Waals surface area contributed by atoms with Crippen molar-refractivity contribution in [1.82, 2.24) is 19.7 Å². The van der Waals surface area contributed by atoms with Crippen LogP contribution < -0.4 is 5.32 Å². The molecule has 0 aliphatic heterocycles. The maximum absolute atomic E-state index is 13.0. The smallest absolute Gasteiger partial charge is 0.149 e. The molecule has 6 heteroatoms. The predicted molar refractivity (Wildman–Crippen MR) is 103 cm³/mol. The van der Waals surface area contributed by atoms with Crippen LogP contribution in [0.1, 0.15) is 11.4 Å². The van der Waals surface area contributed by atoms with E-state index in [1.54, 1.807) is 18.3 Å². The fourth-order valence-corrected chi connectivity index (χ4v) is 2.80. The van der Waals surface area contributed by atoms with E-state index < -0.39 is 0 Å². The van der Waals surface area contributed by atoms with E-state index in [-0.39, 0.29) is 5.82 Å². The number of anilines is 1. The lowest BCUT2D eigenvalue weighted by Crippen LogP contribution is -2.10. The lowest BCUT2D eigenvalue weighted by molar-refractivity contribution is 0.628. The third-order valence-electron chi connectivity index (χ3n) is 4.23. The van der Waals surface area contributed by atoms with Crippen molar-refractivity contribution in [2.45, 2.75) is 13.1 Å². The highest BCUT2D eigenvalue weighted by Crippen LogP contribution is 2.17. The number of nitrogens with zero attached hydrogens (tertiary/aromatic N) is 4. The van der Waals surface area contributed by atoms with E-state index in [1.165, 1.54) is 17.7 Å². The molecule has 2 heterocycles. The van der Waals surface area contributed by atoms with Gasteiger partial charge in [-0.1, -0.05) is 30.3 Å². The van der Waals surface area contributed by atoms with Gasteiger partial charge in [0.1, 0.15) is 17.5 Å². The molecule has 0 fully saturated rings. The van der Waals surface area contributed by atoms with Gasteiger partial charge in [0.25, 0.3) is 0 Å². The third-order valence-corrected chi connectivity index (χ3v) is 4.23. The largest absolute Gasteiger partial charge is 0.361 e. The minimum atomic E-state index is -0.268. The van der Waals surface area contributed by atoms with Crippen molar-refractivity contribution in [3.05, 3.63) is 96.3 Å². The number of halogens is 1. The quantitative estimate of drug-likeness (QED) is 0.562. The maximum atomic E-state index is 13.0. The lowest BCUT2D eigenvalue weighted by atomic mass is 10.1. The minimum absolute atomic E-state index is 0.268. The molecule has 0 aliphatic carbocycles. The van der Waals surface area contributed by atoms with Crippen LogP contribution in [0.2, 0.25) is 0 Å². The van der Waals surface area contributed by atoms with Crippen molar-refractivity contribution >= 4 is 5.82 Å². The van der Waals surface area contributed by atoms with Crippen LogP contribution in [-0.4, -0.2) is 19.7 Å². The SMILES string of the molecule is Fc1ccc(-c2ccc(NCc3nccn3Cc3ccccc3)nn2)cc1. The highest BCUT2D eigenvalue weighted by Gasteiger charge is 2.05. The van der Waals surface area contributed by atoms with Crippen LogP contribution in [0.15, 0.2) is 79.1 Å². The van der Waals surface area contributed by atoms with Crippen molar-refractivity contribution in [3.63, 3.8) is 0 Å². The molecule has 0 radical (unpaired) electrons. The monoisotopic (exact) mass is 359 g/mol. The molecular weight excluding hydrogens is 341 g/mol. The maximum Gasteiger partial charge on any atom is 0.149 e. The Labute approximate surface area is 156 Å². The molecule has 4 aromatic rings. The van der Waals surface area contributed by atoms with Gasteiger partial charge >= 0.3 is 0 Å². The summed E-state index contributed by atoms with van der Waals surface area (Å²) in [5, 5.41) is 11.6. The first-order chi connectivity index (χ1) is 13.3. The normalized spacial score (nSPS) is 10.7. The molecule has 27 heavy (non-hydrogen) atoms. The second kappa shape index (κ2) is 7.78. The number of benzene rings is 2. The van der Waals surface area contributed by atoms with Gasteiger partial charge in [-0.2, -0.15) is 0 Å². The summed E-state index contributed by atoms with van der Waals surface area (Å²) in [7, 11) is 0. The van der Waals surface area contributed by atoms with Gasteiger partial charge in [-0.05, 0) is 42.0 Å². The van der Waals surface area contributed by atoms with Gasteiger partial charge < -0.3 is 9.88 Å². The molecule has 1 N–H and O–H groups in total. The highest BCUT2D eigenvalue weighted by atomic mass is 19.1. The van der Waals surface area contributed by atoms with Gasteiger partial charge in [-0.25, -0.2) is 9.37 Å². The zero-order chi connectivity index (χ0) is 18.5. The van der Waals surface area contributed by atoms with Crippen LogP contribution >= 0.6 is 0 Å². The summed E-state index contributed by atoms with van der Waals surface area (Å²) in [6.45, 7) is 1.32. The second-order valence-electron chi connectivity index (χ2n) is 6.12. The van der Waals surface area contributed by atoms with Gasteiger partial charge in [0.15, 0.2) is 0 Å². The summed E-state index contributed by atoms with van der Waals surface area (Å²) >= 11 is 0. The van der Waals surface area contributed by atoms with E-state index in [2.05, 4.69) is 37.2 Å². The van der Waals surface area contributed by atoms with E-state index in [0.29, 0.717) is 18.1 Å². The summed E-state index contributed by atoms with van der Waals surface area (Å²) in [4.78, 5) is 4.42. The van der Waals surface area contributed by atoms with Gasteiger partial charge in [-0.3, -0.25) is 0 Å². The van der Waals surface area contributed by atoms with E-state index in [0.717, 1.165) is 17.9 Å². The molecule has 0 saturated carbocycles. The number of hydrogen-bond acceptors (Lipinski definition) is 4. The zero-order valence-electron chi connectivity index (χ0n) is 14.6. The summed E-state index contributed by atoms with van der Waals surface area (Å²) in [5.74, 6) is 1.31. The molecule has 0 aliphatic rings. The van der Waals surface area contributed by atoms with E-state index >= 15 is 0 Å². The molecule has 134 valence electrons. The molecule has 0 atom stereocenters. The predicted octanol–water partition coefficient (Wildman–Crippen LogP) is 4.14. The summed E-state index contributed by atoms with van der Waals surface area (Å²) in [5.41, 5.74) is 2.75. The molecule has 0 bridgehead atoms. The Hall–Kier alpha value is -3.54. The van der Waals surface area contributed by atoms with Gasteiger partial charge in [0.05, 0.1) is 12.2 Å². The zero-order valence-corrected chi connectivity index (χ0v) is 14.6. The van der Waals surface area contributed by atoms with E-state index in [4.69, 9.17) is 0 Å². The summed E-state index contributed by atoms with van der Waals surface area (Å²) in [6.07, 6.45) is 3.76.